The maximum Gasteiger partial charge on any atom is 0.268 e. The van der Waals surface area contributed by atoms with Crippen molar-refractivity contribution in [2.75, 3.05) is 11.9 Å². The molecule has 0 spiro atoms. The van der Waals surface area contributed by atoms with Crippen molar-refractivity contribution in [3.63, 3.8) is 0 Å². The van der Waals surface area contributed by atoms with Gasteiger partial charge in [0, 0.05) is 36.1 Å². The standard InChI is InChI=1S/C23H35N3O2/c1-16(15-28-23(5,6)7)24-21(27)20-13-18(14-26(20)8)17-9-11-19(12-10-17)25-22(2,3)4/h9-14,16,25H,15H2,1-8H3,(H,24,27)/t16-/m1/s1. The minimum atomic E-state index is -0.217. The Labute approximate surface area is 169 Å². The Kier molecular flexibility index (Phi) is 6.60. The van der Waals surface area contributed by atoms with Gasteiger partial charge >= 0.3 is 0 Å². The second-order valence-corrected chi connectivity index (χ2v) is 9.48. The highest BCUT2D eigenvalue weighted by molar-refractivity contribution is 5.94. The fraction of sp³-hybridized carbons (Fsp3) is 0.522. The molecule has 1 amide bonds. The van der Waals surface area contributed by atoms with E-state index < -0.39 is 0 Å². The van der Waals surface area contributed by atoms with Gasteiger partial charge in [-0.25, -0.2) is 0 Å². The van der Waals surface area contributed by atoms with Crippen LogP contribution in [0.1, 0.15) is 59.0 Å². The monoisotopic (exact) mass is 385 g/mol. The number of carbonyl (C=O) groups excluding carboxylic acids is 1. The van der Waals surface area contributed by atoms with Gasteiger partial charge in [-0.3, -0.25) is 4.79 Å². The first-order valence-electron chi connectivity index (χ1n) is 9.84. The van der Waals surface area contributed by atoms with Crippen molar-refractivity contribution in [3.05, 3.63) is 42.2 Å². The number of nitrogens with one attached hydrogen (secondary N) is 2. The molecular weight excluding hydrogens is 350 g/mol. The fourth-order valence-corrected chi connectivity index (χ4v) is 2.84. The molecule has 1 heterocycles. The molecule has 2 N–H and O–H groups in total. The lowest BCUT2D eigenvalue weighted by molar-refractivity contribution is -0.0118. The summed E-state index contributed by atoms with van der Waals surface area (Å²) >= 11 is 0. The van der Waals surface area contributed by atoms with Crippen LogP contribution in [0.25, 0.3) is 11.1 Å². The average molecular weight is 386 g/mol. The topological polar surface area (TPSA) is 55.3 Å². The first-order valence-corrected chi connectivity index (χ1v) is 9.84. The molecule has 1 aromatic carbocycles. The number of nitrogens with zero attached hydrogens (tertiary/aromatic N) is 1. The number of aromatic nitrogens is 1. The van der Waals surface area contributed by atoms with Crippen molar-refractivity contribution in [3.8, 4) is 11.1 Å². The summed E-state index contributed by atoms with van der Waals surface area (Å²) in [6.07, 6.45) is 1.98. The molecule has 0 saturated heterocycles. The van der Waals surface area contributed by atoms with Gasteiger partial charge in [-0.1, -0.05) is 12.1 Å². The predicted octanol–water partition coefficient (Wildman–Crippen LogP) is 4.84. The number of rotatable bonds is 6. The summed E-state index contributed by atoms with van der Waals surface area (Å²) in [7, 11) is 1.89. The predicted molar refractivity (Wildman–Crippen MR) is 117 cm³/mol. The third kappa shape index (κ3) is 6.71. The molecule has 0 bridgehead atoms. The Morgan fingerprint density at radius 3 is 2.21 bits per heavy atom. The summed E-state index contributed by atoms with van der Waals surface area (Å²) in [5.74, 6) is -0.0928. The molecule has 0 radical (unpaired) electrons. The molecule has 1 atom stereocenters. The van der Waals surface area contributed by atoms with Gasteiger partial charge in [-0.05, 0) is 72.2 Å². The van der Waals surface area contributed by atoms with Crippen LogP contribution < -0.4 is 10.6 Å². The van der Waals surface area contributed by atoms with Crippen LogP contribution in [0.2, 0.25) is 0 Å². The minimum absolute atomic E-state index is 0.0208. The normalized spacial score (nSPS) is 13.3. The Morgan fingerprint density at radius 1 is 1.07 bits per heavy atom. The van der Waals surface area contributed by atoms with Crippen molar-refractivity contribution >= 4 is 11.6 Å². The van der Waals surface area contributed by atoms with E-state index in [-0.39, 0.29) is 23.1 Å². The Balaban J connectivity index is 2.07. The molecule has 0 aliphatic carbocycles. The molecule has 2 rings (SSSR count). The number of hydrogen-bond acceptors (Lipinski definition) is 3. The molecule has 2 aromatic rings. The maximum absolute atomic E-state index is 12.7. The molecule has 0 aliphatic rings. The van der Waals surface area contributed by atoms with E-state index in [0.717, 1.165) is 16.8 Å². The van der Waals surface area contributed by atoms with Crippen molar-refractivity contribution in [1.82, 2.24) is 9.88 Å². The van der Waals surface area contributed by atoms with Crippen LogP contribution in [0.4, 0.5) is 5.69 Å². The van der Waals surface area contributed by atoms with E-state index in [2.05, 4.69) is 55.7 Å². The Hall–Kier alpha value is -2.27. The lowest BCUT2D eigenvalue weighted by atomic mass is 10.1. The van der Waals surface area contributed by atoms with Gasteiger partial charge in [-0.2, -0.15) is 0 Å². The second-order valence-electron chi connectivity index (χ2n) is 9.48. The zero-order valence-electron chi connectivity index (χ0n) is 18.5. The highest BCUT2D eigenvalue weighted by atomic mass is 16.5. The van der Waals surface area contributed by atoms with E-state index in [9.17, 15) is 4.79 Å². The van der Waals surface area contributed by atoms with Crippen molar-refractivity contribution < 1.29 is 9.53 Å². The van der Waals surface area contributed by atoms with E-state index >= 15 is 0 Å². The van der Waals surface area contributed by atoms with Crippen molar-refractivity contribution in [2.45, 2.75) is 65.6 Å². The molecule has 0 saturated carbocycles. The van der Waals surface area contributed by atoms with Crippen LogP contribution in [0.5, 0.6) is 0 Å². The SMILES string of the molecule is C[C@H](COC(C)(C)C)NC(=O)c1cc(-c2ccc(NC(C)(C)C)cc2)cn1C. The minimum Gasteiger partial charge on any atom is -0.380 e. The van der Waals surface area contributed by atoms with E-state index in [1.54, 1.807) is 0 Å². The average Bonchev–Trinajstić information content (AvgIpc) is 2.93. The van der Waals surface area contributed by atoms with Gasteiger partial charge in [0.1, 0.15) is 5.69 Å². The highest BCUT2D eigenvalue weighted by Gasteiger charge is 2.17. The largest absolute Gasteiger partial charge is 0.380 e. The second kappa shape index (κ2) is 8.39. The highest BCUT2D eigenvalue weighted by Crippen LogP contribution is 2.25. The fourth-order valence-electron chi connectivity index (χ4n) is 2.84. The van der Waals surface area contributed by atoms with E-state index in [0.29, 0.717) is 12.3 Å². The summed E-state index contributed by atoms with van der Waals surface area (Å²) in [6, 6.07) is 10.2. The molecule has 28 heavy (non-hydrogen) atoms. The first kappa shape index (κ1) is 22.0. The number of aryl methyl sites for hydroxylation is 1. The maximum atomic E-state index is 12.7. The van der Waals surface area contributed by atoms with Crippen LogP contribution in [0.15, 0.2) is 36.5 Å². The lowest BCUT2D eigenvalue weighted by Crippen LogP contribution is -2.38. The quantitative estimate of drug-likeness (QED) is 0.748. The van der Waals surface area contributed by atoms with Gasteiger partial charge in [-0.15, -0.1) is 0 Å². The summed E-state index contributed by atoms with van der Waals surface area (Å²) in [5, 5.41) is 6.47. The van der Waals surface area contributed by atoms with Gasteiger partial charge in [0.05, 0.1) is 12.2 Å². The molecule has 5 nitrogen and oxygen atoms in total. The summed E-state index contributed by atoms with van der Waals surface area (Å²) in [4.78, 5) is 12.7. The molecular formula is C23H35N3O2. The van der Waals surface area contributed by atoms with E-state index in [1.165, 1.54) is 0 Å². The molecule has 0 unspecified atom stereocenters. The Morgan fingerprint density at radius 2 is 1.68 bits per heavy atom. The van der Waals surface area contributed by atoms with E-state index in [4.69, 9.17) is 4.74 Å². The first-order chi connectivity index (χ1) is 12.8. The van der Waals surface area contributed by atoms with Gasteiger partial charge in [0.2, 0.25) is 0 Å². The van der Waals surface area contributed by atoms with Crippen LogP contribution in [-0.4, -0.2) is 34.3 Å². The van der Waals surface area contributed by atoms with Gasteiger partial charge < -0.3 is 19.9 Å². The Bertz CT molecular complexity index is 793. The summed E-state index contributed by atoms with van der Waals surface area (Å²) in [6.45, 7) is 14.9. The van der Waals surface area contributed by atoms with Crippen LogP contribution in [-0.2, 0) is 11.8 Å². The smallest absolute Gasteiger partial charge is 0.268 e. The third-order valence-electron chi connectivity index (χ3n) is 4.12. The lowest BCUT2D eigenvalue weighted by Gasteiger charge is -2.23. The number of amides is 1. The van der Waals surface area contributed by atoms with Crippen LogP contribution >= 0.6 is 0 Å². The molecule has 1 aromatic heterocycles. The molecule has 0 fully saturated rings. The van der Waals surface area contributed by atoms with Gasteiger partial charge in [0.25, 0.3) is 5.91 Å². The zero-order chi connectivity index (χ0) is 21.1. The van der Waals surface area contributed by atoms with Gasteiger partial charge in [0.15, 0.2) is 0 Å². The summed E-state index contributed by atoms with van der Waals surface area (Å²) < 4.78 is 7.62. The summed E-state index contributed by atoms with van der Waals surface area (Å²) in [5.41, 5.74) is 3.62. The molecule has 5 heteroatoms. The number of anilines is 1. The van der Waals surface area contributed by atoms with Crippen molar-refractivity contribution in [2.24, 2.45) is 7.05 Å². The van der Waals surface area contributed by atoms with Crippen LogP contribution in [0.3, 0.4) is 0 Å². The zero-order valence-corrected chi connectivity index (χ0v) is 18.5. The number of carbonyl (C=O) groups is 1. The number of benzene rings is 1. The van der Waals surface area contributed by atoms with Crippen molar-refractivity contribution in [1.29, 1.82) is 0 Å². The molecule has 0 aliphatic heterocycles. The molecule has 154 valence electrons. The third-order valence-corrected chi connectivity index (χ3v) is 4.12. The number of ether oxygens (including phenoxy) is 1. The van der Waals surface area contributed by atoms with Crippen LogP contribution in [0, 0.1) is 0 Å². The van der Waals surface area contributed by atoms with E-state index in [1.807, 2.05) is 51.6 Å². The number of hydrogen-bond donors (Lipinski definition) is 2.